The first kappa shape index (κ1) is 12.2. The maximum Gasteiger partial charge on any atom is 0.190 e. The first-order chi connectivity index (χ1) is 9.59. The van der Waals surface area contributed by atoms with Crippen molar-refractivity contribution in [1.82, 2.24) is 0 Å². The van der Waals surface area contributed by atoms with E-state index >= 15 is 0 Å². The summed E-state index contributed by atoms with van der Waals surface area (Å²) in [6.45, 7) is 0. The van der Waals surface area contributed by atoms with Crippen molar-refractivity contribution in [3.63, 3.8) is 0 Å². The van der Waals surface area contributed by atoms with E-state index in [-0.39, 0.29) is 22.6 Å². The third-order valence-electron chi connectivity index (χ3n) is 3.24. The number of fused-ring (bicyclic) bond motifs is 1. The quantitative estimate of drug-likeness (QED) is 0.778. The van der Waals surface area contributed by atoms with Gasteiger partial charge in [0.05, 0.1) is 11.1 Å². The number of ketones is 2. The highest BCUT2D eigenvalue weighted by Crippen LogP contribution is 2.40. The van der Waals surface area contributed by atoms with Gasteiger partial charge in [-0.2, -0.15) is 0 Å². The molecule has 0 amide bonds. The molecule has 0 unspecified atom stereocenters. The average molecular weight is 266 g/mol. The molecule has 20 heavy (non-hydrogen) atoms. The van der Waals surface area contributed by atoms with E-state index in [1.54, 1.807) is 24.3 Å². The lowest BCUT2D eigenvalue weighted by molar-refractivity contribution is 0.0989. The van der Waals surface area contributed by atoms with Crippen molar-refractivity contribution < 1.29 is 19.8 Å². The van der Waals surface area contributed by atoms with Crippen molar-refractivity contribution in [3.8, 4) is 22.6 Å². The van der Waals surface area contributed by atoms with E-state index in [1.807, 2.05) is 6.07 Å². The van der Waals surface area contributed by atoms with Crippen molar-refractivity contribution in [1.29, 1.82) is 0 Å². The lowest BCUT2D eigenvalue weighted by atomic mass is 9.89. The molecule has 0 saturated heterocycles. The average Bonchev–Trinajstić information content (AvgIpc) is 2.46. The summed E-state index contributed by atoms with van der Waals surface area (Å²) in [6, 6.07) is 10.2. The fourth-order valence-corrected chi connectivity index (χ4v) is 2.30. The molecule has 2 aromatic rings. The number of carbonyl (C=O) groups excluding carboxylic acids is 2. The number of rotatable bonds is 1. The summed E-state index contributed by atoms with van der Waals surface area (Å²) in [7, 11) is 0. The van der Waals surface area contributed by atoms with Crippen LogP contribution in [0.1, 0.15) is 20.7 Å². The predicted octanol–water partition coefficient (Wildman–Crippen LogP) is 2.70. The second-order valence-corrected chi connectivity index (χ2v) is 4.47. The van der Waals surface area contributed by atoms with Crippen LogP contribution in [-0.2, 0) is 0 Å². The minimum atomic E-state index is -0.495. The van der Waals surface area contributed by atoms with E-state index in [0.29, 0.717) is 11.1 Å². The molecule has 98 valence electrons. The molecule has 0 bridgehead atoms. The lowest BCUT2D eigenvalue weighted by Crippen LogP contribution is -2.12. The molecule has 2 N–H and O–H groups in total. The number of aromatic hydroxyl groups is 2. The number of phenols is 2. The number of hydrogen-bond acceptors (Lipinski definition) is 4. The molecule has 0 atom stereocenters. The molecular weight excluding hydrogens is 256 g/mol. The van der Waals surface area contributed by atoms with Crippen LogP contribution in [0.25, 0.3) is 11.1 Å². The van der Waals surface area contributed by atoms with Gasteiger partial charge in [0, 0.05) is 5.56 Å². The summed E-state index contributed by atoms with van der Waals surface area (Å²) in [5.74, 6) is -1.58. The zero-order chi connectivity index (χ0) is 14.3. The highest BCUT2D eigenvalue weighted by atomic mass is 16.3. The van der Waals surface area contributed by atoms with Crippen LogP contribution in [-0.4, -0.2) is 21.8 Å². The van der Waals surface area contributed by atoms with E-state index in [2.05, 4.69) is 0 Å². The van der Waals surface area contributed by atoms with Crippen LogP contribution in [0.5, 0.6) is 11.5 Å². The zero-order valence-electron chi connectivity index (χ0n) is 10.3. The Hall–Kier alpha value is -2.88. The molecule has 4 heteroatoms. The molecular formula is C16H10O4. The number of benzene rings is 2. The Kier molecular flexibility index (Phi) is 2.64. The molecule has 1 aliphatic rings. The van der Waals surface area contributed by atoms with Gasteiger partial charge in [-0.25, -0.2) is 0 Å². The highest BCUT2D eigenvalue weighted by molar-refractivity contribution is 6.25. The third-order valence-corrected chi connectivity index (χ3v) is 3.24. The lowest BCUT2D eigenvalue weighted by Gasteiger charge is -2.16. The van der Waals surface area contributed by atoms with Gasteiger partial charge in [-0.3, -0.25) is 9.59 Å². The van der Waals surface area contributed by atoms with Gasteiger partial charge < -0.3 is 10.2 Å². The molecule has 0 spiro atoms. The van der Waals surface area contributed by atoms with Gasteiger partial charge in [-0.15, -0.1) is 0 Å². The number of phenolic OH excluding ortho intramolecular Hbond substituents is 2. The van der Waals surface area contributed by atoms with E-state index in [0.717, 1.165) is 12.2 Å². The van der Waals surface area contributed by atoms with Gasteiger partial charge in [0.2, 0.25) is 0 Å². The monoisotopic (exact) mass is 266 g/mol. The van der Waals surface area contributed by atoms with Gasteiger partial charge >= 0.3 is 0 Å². The summed E-state index contributed by atoms with van der Waals surface area (Å²) in [5.41, 5.74) is 0.683. The summed E-state index contributed by atoms with van der Waals surface area (Å²) in [5, 5.41) is 20.3. The number of allylic oxidation sites excluding steroid dienone is 2. The molecule has 0 fully saturated rings. The van der Waals surface area contributed by atoms with Crippen molar-refractivity contribution >= 4 is 11.6 Å². The minimum Gasteiger partial charge on any atom is -0.507 e. The van der Waals surface area contributed by atoms with Gasteiger partial charge in [-0.1, -0.05) is 30.3 Å². The summed E-state index contributed by atoms with van der Waals surface area (Å²) >= 11 is 0. The van der Waals surface area contributed by atoms with Crippen LogP contribution in [0.3, 0.4) is 0 Å². The molecule has 3 rings (SSSR count). The normalized spacial score (nSPS) is 13.4. The second-order valence-electron chi connectivity index (χ2n) is 4.47. The van der Waals surface area contributed by atoms with Crippen LogP contribution < -0.4 is 0 Å². The smallest absolute Gasteiger partial charge is 0.190 e. The van der Waals surface area contributed by atoms with E-state index < -0.39 is 11.6 Å². The Morgan fingerprint density at radius 3 is 2.05 bits per heavy atom. The van der Waals surface area contributed by atoms with Crippen molar-refractivity contribution in [3.05, 3.63) is 59.7 Å². The van der Waals surface area contributed by atoms with Gasteiger partial charge in [0.15, 0.2) is 11.6 Å². The topological polar surface area (TPSA) is 74.6 Å². The van der Waals surface area contributed by atoms with Crippen LogP contribution in [0.4, 0.5) is 0 Å². The fourth-order valence-electron chi connectivity index (χ4n) is 2.30. The van der Waals surface area contributed by atoms with Gasteiger partial charge in [0.1, 0.15) is 11.5 Å². The fraction of sp³-hybridized carbons (Fsp3) is 0. The Bertz CT molecular complexity index is 758. The Morgan fingerprint density at radius 1 is 0.800 bits per heavy atom. The molecule has 0 saturated carbocycles. The molecule has 2 aromatic carbocycles. The van der Waals surface area contributed by atoms with Gasteiger partial charge in [-0.05, 0) is 23.8 Å². The highest BCUT2D eigenvalue weighted by Gasteiger charge is 2.28. The summed E-state index contributed by atoms with van der Waals surface area (Å²) in [4.78, 5) is 23.6. The maximum atomic E-state index is 11.9. The van der Waals surface area contributed by atoms with E-state index in [4.69, 9.17) is 0 Å². The van der Waals surface area contributed by atoms with E-state index in [1.165, 1.54) is 6.07 Å². The van der Waals surface area contributed by atoms with Crippen molar-refractivity contribution in [2.24, 2.45) is 0 Å². The zero-order valence-corrected chi connectivity index (χ0v) is 10.3. The summed E-state index contributed by atoms with van der Waals surface area (Å²) in [6.07, 6.45) is 2.19. The minimum absolute atomic E-state index is 0.142. The van der Waals surface area contributed by atoms with Gasteiger partial charge in [0.25, 0.3) is 0 Å². The number of hydrogen-bond donors (Lipinski definition) is 2. The molecule has 0 aromatic heterocycles. The molecule has 0 aliphatic heterocycles. The standard InChI is InChI=1S/C16H10O4/c17-11-6-7-12(18)15-14(11)13(19)8-10(16(15)20)9-4-2-1-3-5-9/h1-8,19-20H. The van der Waals surface area contributed by atoms with E-state index in [9.17, 15) is 19.8 Å². The second kappa shape index (κ2) is 4.35. The molecule has 4 nitrogen and oxygen atoms in total. The largest absolute Gasteiger partial charge is 0.507 e. The Morgan fingerprint density at radius 2 is 1.40 bits per heavy atom. The Labute approximate surface area is 114 Å². The van der Waals surface area contributed by atoms with Crippen molar-refractivity contribution in [2.75, 3.05) is 0 Å². The summed E-state index contributed by atoms with van der Waals surface area (Å²) < 4.78 is 0. The molecule has 0 radical (unpaired) electrons. The Balaban J connectivity index is 2.33. The first-order valence-corrected chi connectivity index (χ1v) is 6.00. The van der Waals surface area contributed by atoms with Crippen LogP contribution in [0.2, 0.25) is 0 Å². The SMILES string of the molecule is O=C1C=CC(=O)c2c(O)c(-c3ccccc3)cc(O)c21. The van der Waals surface area contributed by atoms with Crippen molar-refractivity contribution in [2.45, 2.75) is 0 Å². The van der Waals surface area contributed by atoms with Crippen LogP contribution in [0.15, 0.2) is 48.6 Å². The maximum absolute atomic E-state index is 11.9. The molecule has 0 heterocycles. The predicted molar refractivity (Wildman–Crippen MR) is 73.0 cm³/mol. The molecule has 1 aliphatic carbocycles. The first-order valence-electron chi connectivity index (χ1n) is 6.00. The third kappa shape index (κ3) is 1.70. The number of carbonyl (C=O) groups is 2. The van der Waals surface area contributed by atoms with Crippen LogP contribution >= 0.6 is 0 Å². The van der Waals surface area contributed by atoms with Crippen LogP contribution in [0, 0.1) is 0 Å².